The molecule has 0 saturated heterocycles. The standard InChI is InChI=1S/C11H25NO2/c1-10(9-14-4)12(3)8-6-5-7-11(2)13/h10-11,13H,5-9H2,1-4H3. The fraction of sp³-hybridized carbons (Fsp3) is 1.00. The molecule has 0 aliphatic rings. The van der Waals surface area contributed by atoms with Gasteiger partial charge in [0.25, 0.3) is 0 Å². The van der Waals surface area contributed by atoms with Gasteiger partial charge in [0.05, 0.1) is 12.7 Å². The van der Waals surface area contributed by atoms with E-state index >= 15 is 0 Å². The first-order valence-corrected chi connectivity index (χ1v) is 5.45. The van der Waals surface area contributed by atoms with Crippen LogP contribution in [0.3, 0.4) is 0 Å². The Hall–Kier alpha value is -0.120. The molecule has 2 atom stereocenters. The van der Waals surface area contributed by atoms with Crippen LogP contribution in [0, 0.1) is 0 Å². The van der Waals surface area contributed by atoms with Crippen LogP contribution in [0.25, 0.3) is 0 Å². The van der Waals surface area contributed by atoms with E-state index < -0.39 is 0 Å². The monoisotopic (exact) mass is 203 g/mol. The van der Waals surface area contributed by atoms with Crippen molar-refractivity contribution in [1.29, 1.82) is 0 Å². The molecule has 0 saturated carbocycles. The summed E-state index contributed by atoms with van der Waals surface area (Å²) in [6, 6.07) is 0.478. The highest BCUT2D eigenvalue weighted by Crippen LogP contribution is 2.03. The molecule has 86 valence electrons. The van der Waals surface area contributed by atoms with Gasteiger partial charge in [-0.15, -0.1) is 0 Å². The smallest absolute Gasteiger partial charge is 0.0615 e. The van der Waals surface area contributed by atoms with Crippen molar-refractivity contribution >= 4 is 0 Å². The van der Waals surface area contributed by atoms with Gasteiger partial charge in [0.2, 0.25) is 0 Å². The van der Waals surface area contributed by atoms with E-state index in [9.17, 15) is 0 Å². The first-order chi connectivity index (χ1) is 6.57. The van der Waals surface area contributed by atoms with Crippen LogP contribution in [0.4, 0.5) is 0 Å². The van der Waals surface area contributed by atoms with Crippen molar-refractivity contribution in [3.63, 3.8) is 0 Å². The van der Waals surface area contributed by atoms with Gasteiger partial charge in [0, 0.05) is 13.2 Å². The molecule has 3 nitrogen and oxygen atoms in total. The summed E-state index contributed by atoms with van der Waals surface area (Å²) in [5.41, 5.74) is 0. The first kappa shape index (κ1) is 13.9. The van der Waals surface area contributed by atoms with Crippen molar-refractivity contribution in [1.82, 2.24) is 4.90 Å². The van der Waals surface area contributed by atoms with Crippen LogP contribution in [0.1, 0.15) is 33.1 Å². The highest BCUT2D eigenvalue weighted by Gasteiger charge is 2.07. The number of methoxy groups -OCH3 is 1. The van der Waals surface area contributed by atoms with Gasteiger partial charge in [-0.2, -0.15) is 0 Å². The molecule has 3 heteroatoms. The zero-order valence-electron chi connectivity index (χ0n) is 9.99. The van der Waals surface area contributed by atoms with Crippen molar-refractivity contribution in [2.75, 3.05) is 27.3 Å². The third-order valence-corrected chi connectivity index (χ3v) is 2.54. The average Bonchev–Trinajstić information content (AvgIpc) is 2.12. The summed E-state index contributed by atoms with van der Waals surface area (Å²) < 4.78 is 5.09. The van der Waals surface area contributed by atoms with Crippen LogP contribution < -0.4 is 0 Å². The number of nitrogens with zero attached hydrogens (tertiary/aromatic N) is 1. The minimum absolute atomic E-state index is 0.156. The van der Waals surface area contributed by atoms with Gasteiger partial charge in [-0.1, -0.05) is 0 Å². The van der Waals surface area contributed by atoms with Gasteiger partial charge in [0.15, 0.2) is 0 Å². The van der Waals surface area contributed by atoms with Crippen LogP contribution in [-0.2, 0) is 4.74 Å². The van der Waals surface area contributed by atoms with Gasteiger partial charge >= 0.3 is 0 Å². The lowest BCUT2D eigenvalue weighted by molar-refractivity contribution is 0.113. The van der Waals surface area contributed by atoms with Crippen molar-refractivity contribution < 1.29 is 9.84 Å². The third kappa shape index (κ3) is 7.30. The highest BCUT2D eigenvalue weighted by molar-refractivity contribution is 4.62. The van der Waals surface area contributed by atoms with Crippen LogP contribution in [0.5, 0.6) is 0 Å². The maximum absolute atomic E-state index is 9.08. The topological polar surface area (TPSA) is 32.7 Å². The van der Waals surface area contributed by atoms with E-state index in [4.69, 9.17) is 9.84 Å². The minimum Gasteiger partial charge on any atom is -0.393 e. The molecule has 0 radical (unpaired) electrons. The predicted octanol–water partition coefficient (Wildman–Crippen LogP) is 1.50. The second-order valence-corrected chi connectivity index (χ2v) is 4.13. The van der Waals surface area contributed by atoms with Crippen LogP contribution in [0.2, 0.25) is 0 Å². The summed E-state index contributed by atoms with van der Waals surface area (Å²) in [5, 5.41) is 9.08. The summed E-state index contributed by atoms with van der Waals surface area (Å²) in [6.07, 6.45) is 3.00. The van der Waals surface area contributed by atoms with Crippen molar-refractivity contribution in [3.05, 3.63) is 0 Å². The molecular formula is C11H25NO2. The maximum atomic E-state index is 9.08. The number of likely N-dealkylation sites (N-methyl/N-ethyl adjacent to an activating group) is 1. The van der Waals surface area contributed by atoms with Crippen molar-refractivity contribution in [2.45, 2.75) is 45.3 Å². The number of rotatable bonds is 8. The normalized spacial score (nSPS) is 15.9. The molecule has 14 heavy (non-hydrogen) atoms. The molecule has 0 spiro atoms. The van der Waals surface area contributed by atoms with E-state index in [1.165, 1.54) is 0 Å². The number of hydrogen-bond donors (Lipinski definition) is 1. The first-order valence-electron chi connectivity index (χ1n) is 5.45. The largest absolute Gasteiger partial charge is 0.393 e. The molecular weight excluding hydrogens is 178 g/mol. The number of aliphatic hydroxyl groups is 1. The van der Waals surface area contributed by atoms with Gasteiger partial charge in [-0.05, 0) is 46.7 Å². The quantitative estimate of drug-likeness (QED) is 0.607. The summed E-state index contributed by atoms with van der Waals surface area (Å²) in [5.74, 6) is 0. The van der Waals surface area contributed by atoms with E-state index in [0.717, 1.165) is 32.4 Å². The summed E-state index contributed by atoms with van der Waals surface area (Å²) in [6.45, 7) is 5.87. The zero-order valence-corrected chi connectivity index (χ0v) is 9.99. The lowest BCUT2D eigenvalue weighted by Crippen LogP contribution is -2.33. The highest BCUT2D eigenvalue weighted by atomic mass is 16.5. The molecule has 0 fully saturated rings. The number of ether oxygens (including phenoxy) is 1. The molecule has 0 aliphatic heterocycles. The molecule has 2 unspecified atom stereocenters. The molecule has 0 bridgehead atoms. The zero-order chi connectivity index (χ0) is 11.0. The molecule has 0 aliphatic carbocycles. The van der Waals surface area contributed by atoms with Gasteiger partial charge in [-0.25, -0.2) is 0 Å². The molecule has 0 aromatic carbocycles. The Balaban J connectivity index is 3.38. The number of hydrogen-bond acceptors (Lipinski definition) is 3. The Morgan fingerprint density at radius 2 is 1.93 bits per heavy atom. The summed E-state index contributed by atoms with van der Waals surface area (Å²) in [4.78, 5) is 2.30. The molecule has 0 rings (SSSR count). The van der Waals surface area contributed by atoms with Crippen molar-refractivity contribution in [3.8, 4) is 0 Å². The molecule has 1 N–H and O–H groups in total. The second kappa shape index (κ2) is 8.21. The van der Waals surface area contributed by atoms with Crippen LogP contribution in [0.15, 0.2) is 0 Å². The van der Waals surface area contributed by atoms with E-state index in [1.54, 1.807) is 7.11 Å². The maximum Gasteiger partial charge on any atom is 0.0615 e. The Kier molecular flexibility index (Phi) is 8.14. The second-order valence-electron chi connectivity index (χ2n) is 4.13. The summed E-state index contributed by atoms with van der Waals surface area (Å²) >= 11 is 0. The predicted molar refractivity (Wildman–Crippen MR) is 59.5 cm³/mol. The van der Waals surface area contributed by atoms with Gasteiger partial charge in [0.1, 0.15) is 0 Å². The number of aliphatic hydroxyl groups excluding tert-OH is 1. The lowest BCUT2D eigenvalue weighted by Gasteiger charge is -2.23. The third-order valence-electron chi connectivity index (χ3n) is 2.54. The van der Waals surface area contributed by atoms with E-state index in [0.29, 0.717) is 6.04 Å². The van der Waals surface area contributed by atoms with Gasteiger partial charge < -0.3 is 14.7 Å². The molecule has 0 heterocycles. The minimum atomic E-state index is -0.156. The Morgan fingerprint density at radius 1 is 1.29 bits per heavy atom. The Bertz CT molecular complexity index is 128. The van der Waals surface area contributed by atoms with Crippen LogP contribution in [-0.4, -0.2) is 49.5 Å². The van der Waals surface area contributed by atoms with E-state index in [-0.39, 0.29) is 6.10 Å². The van der Waals surface area contributed by atoms with E-state index in [1.807, 2.05) is 6.92 Å². The number of unbranched alkanes of at least 4 members (excludes halogenated alkanes) is 1. The van der Waals surface area contributed by atoms with Crippen LogP contribution >= 0.6 is 0 Å². The SMILES string of the molecule is COCC(C)N(C)CCCCC(C)O. The Labute approximate surface area is 88.1 Å². The molecule has 0 aromatic rings. The fourth-order valence-electron chi connectivity index (χ4n) is 1.39. The molecule has 0 amide bonds. The summed E-state index contributed by atoms with van der Waals surface area (Å²) in [7, 11) is 3.85. The molecule has 0 aromatic heterocycles. The Morgan fingerprint density at radius 3 is 2.43 bits per heavy atom. The van der Waals surface area contributed by atoms with Crippen molar-refractivity contribution in [2.24, 2.45) is 0 Å². The lowest BCUT2D eigenvalue weighted by atomic mass is 10.1. The average molecular weight is 203 g/mol. The fourth-order valence-corrected chi connectivity index (χ4v) is 1.39. The van der Waals surface area contributed by atoms with Gasteiger partial charge in [-0.3, -0.25) is 0 Å². The van der Waals surface area contributed by atoms with E-state index in [2.05, 4.69) is 18.9 Å².